The van der Waals surface area contributed by atoms with E-state index in [2.05, 4.69) is 16.0 Å². The molecule has 1 saturated heterocycles. The Labute approximate surface area is 219 Å². The Morgan fingerprint density at radius 2 is 1.87 bits per heavy atom. The number of ether oxygens (including phenoxy) is 1. The number of likely N-dealkylation sites (tertiary alicyclic amines) is 1. The molecule has 0 radical (unpaired) electrons. The summed E-state index contributed by atoms with van der Waals surface area (Å²) in [6.45, 7) is 0.182. The van der Waals surface area contributed by atoms with Crippen LogP contribution >= 0.6 is 0 Å². The molecule has 11 heteroatoms. The molecular formula is C27H29N5O6. The maximum atomic E-state index is 13.5. The molecule has 3 aromatic rings. The number of methoxy groups -OCH3 is 1. The predicted molar refractivity (Wildman–Crippen MR) is 138 cm³/mol. The van der Waals surface area contributed by atoms with Gasteiger partial charge in [-0.2, -0.15) is 0 Å². The third kappa shape index (κ3) is 6.30. The number of rotatable bonds is 9. The number of benzene rings is 2. The van der Waals surface area contributed by atoms with Crippen molar-refractivity contribution in [2.24, 2.45) is 5.73 Å². The van der Waals surface area contributed by atoms with Gasteiger partial charge < -0.3 is 35.7 Å². The van der Waals surface area contributed by atoms with E-state index in [0.717, 1.165) is 5.56 Å². The molecule has 11 nitrogen and oxygen atoms in total. The molecule has 1 aliphatic heterocycles. The first-order valence-corrected chi connectivity index (χ1v) is 12.1. The molecule has 2 aromatic carbocycles. The van der Waals surface area contributed by atoms with Gasteiger partial charge >= 0.3 is 6.03 Å². The van der Waals surface area contributed by atoms with Gasteiger partial charge in [-0.1, -0.05) is 36.4 Å². The number of amides is 5. The fourth-order valence-electron chi connectivity index (χ4n) is 4.40. The number of anilines is 1. The first-order valence-electron chi connectivity index (χ1n) is 12.1. The average molecular weight is 520 g/mol. The summed E-state index contributed by atoms with van der Waals surface area (Å²) < 4.78 is 10.4. The van der Waals surface area contributed by atoms with Crippen LogP contribution in [0.3, 0.4) is 0 Å². The highest BCUT2D eigenvalue weighted by atomic mass is 16.5. The van der Waals surface area contributed by atoms with Crippen LogP contribution in [0.25, 0.3) is 0 Å². The number of primary amides is 1. The molecule has 2 heterocycles. The summed E-state index contributed by atoms with van der Waals surface area (Å²) in [4.78, 5) is 53.0. The van der Waals surface area contributed by atoms with Crippen LogP contribution in [0.1, 0.15) is 22.5 Å². The summed E-state index contributed by atoms with van der Waals surface area (Å²) in [5, 5.41) is 8.17. The summed E-state index contributed by atoms with van der Waals surface area (Å²) in [7, 11) is 1.52. The van der Waals surface area contributed by atoms with E-state index in [1.165, 1.54) is 24.3 Å². The second kappa shape index (κ2) is 12.0. The van der Waals surface area contributed by atoms with E-state index in [4.69, 9.17) is 14.9 Å². The smallest absolute Gasteiger partial charge is 0.319 e. The van der Waals surface area contributed by atoms with Gasteiger partial charge in [-0.3, -0.25) is 14.4 Å². The quantitative estimate of drug-likeness (QED) is 0.338. The van der Waals surface area contributed by atoms with Gasteiger partial charge in [-0.15, -0.1) is 0 Å². The Bertz CT molecular complexity index is 1280. The van der Waals surface area contributed by atoms with E-state index in [0.29, 0.717) is 17.9 Å². The Morgan fingerprint density at radius 3 is 2.55 bits per heavy atom. The van der Waals surface area contributed by atoms with Crippen LogP contribution in [-0.4, -0.2) is 60.4 Å². The van der Waals surface area contributed by atoms with Gasteiger partial charge in [0.25, 0.3) is 5.91 Å². The van der Waals surface area contributed by atoms with Crippen molar-refractivity contribution >= 4 is 29.4 Å². The molecule has 3 atom stereocenters. The number of nitrogens with two attached hydrogens (primary N) is 1. The van der Waals surface area contributed by atoms with Crippen molar-refractivity contribution in [2.45, 2.75) is 31.0 Å². The van der Waals surface area contributed by atoms with Crippen molar-refractivity contribution in [3.05, 3.63) is 84.3 Å². The molecule has 0 aliphatic carbocycles. The first kappa shape index (κ1) is 26.3. The lowest BCUT2D eigenvalue weighted by molar-refractivity contribution is -0.130. The van der Waals surface area contributed by atoms with Crippen LogP contribution < -0.4 is 26.4 Å². The van der Waals surface area contributed by atoms with Crippen LogP contribution in [-0.2, 0) is 16.0 Å². The fraction of sp³-hybridized carbons (Fsp3) is 0.259. The third-order valence-corrected chi connectivity index (χ3v) is 6.25. The highest BCUT2D eigenvalue weighted by molar-refractivity contribution is 5.98. The van der Waals surface area contributed by atoms with Gasteiger partial charge in [0.2, 0.25) is 11.8 Å². The molecule has 4 rings (SSSR count). The predicted octanol–water partition coefficient (Wildman–Crippen LogP) is 1.91. The molecule has 0 spiro atoms. The maximum Gasteiger partial charge on any atom is 0.319 e. The average Bonchev–Trinajstić information content (AvgIpc) is 3.59. The zero-order valence-electron chi connectivity index (χ0n) is 20.8. The highest BCUT2D eigenvalue weighted by Crippen LogP contribution is 2.23. The lowest BCUT2D eigenvalue weighted by atomic mass is 10.0. The number of urea groups is 1. The Hall–Kier alpha value is -4.80. The van der Waals surface area contributed by atoms with E-state index >= 15 is 0 Å². The van der Waals surface area contributed by atoms with Crippen molar-refractivity contribution < 1.29 is 28.3 Å². The lowest BCUT2D eigenvalue weighted by Gasteiger charge is -2.28. The number of hydrogen-bond acceptors (Lipinski definition) is 6. The van der Waals surface area contributed by atoms with Gasteiger partial charge in [0.05, 0.1) is 19.4 Å². The Kier molecular flexibility index (Phi) is 8.27. The molecule has 1 aromatic heterocycles. The lowest BCUT2D eigenvalue weighted by Crippen LogP contribution is -2.58. The summed E-state index contributed by atoms with van der Waals surface area (Å²) in [5.41, 5.74) is 6.88. The monoisotopic (exact) mass is 519 g/mol. The summed E-state index contributed by atoms with van der Waals surface area (Å²) in [6.07, 6.45) is 1.84. The van der Waals surface area contributed by atoms with E-state index in [1.807, 2.05) is 30.3 Å². The number of nitrogens with zero attached hydrogens (tertiary/aromatic N) is 1. The van der Waals surface area contributed by atoms with E-state index in [-0.39, 0.29) is 18.7 Å². The molecule has 38 heavy (non-hydrogen) atoms. The normalized spacial score (nSPS) is 17.3. The van der Waals surface area contributed by atoms with Crippen molar-refractivity contribution in [1.82, 2.24) is 15.5 Å². The van der Waals surface area contributed by atoms with Crippen LogP contribution in [0.5, 0.6) is 5.75 Å². The van der Waals surface area contributed by atoms with Crippen LogP contribution in [0.4, 0.5) is 10.5 Å². The Balaban J connectivity index is 1.52. The molecule has 1 aliphatic rings. The second-order valence-corrected chi connectivity index (χ2v) is 8.80. The van der Waals surface area contributed by atoms with Gasteiger partial charge in [-0.25, -0.2) is 4.79 Å². The van der Waals surface area contributed by atoms with Crippen molar-refractivity contribution in [3.63, 3.8) is 0 Å². The molecule has 0 bridgehead atoms. The number of carbonyl (C=O) groups excluding carboxylic acids is 4. The SMILES string of the molecule is COc1cccc(NC(=O)NC2CCN(C(=O)c3ccco3)C2C(=O)NC(Cc2ccccc2)C(N)=O)c1. The molecule has 198 valence electrons. The fourth-order valence-corrected chi connectivity index (χ4v) is 4.40. The molecule has 5 amide bonds. The summed E-state index contributed by atoms with van der Waals surface area (Å²) >= 11 is 0. The van der Waals surface area contributed by atoms with Gasteiger partial charge in [0.15, 0.2) is 5.76 Å². The maximum absolute atomic E-state index is 13.5. The number of carbonyl (C=O) groups is 4. The molecule has 0 saturated carbocycles. The molecule has 3 unspecified atom stereocenters. The third-order valence-electron chi connectivity index (χ3n) is 6.25. The number of furan rings is 1. The van der Waals surface area contributed by atoms with E-state index in [9.17, 15) is 19.2 Å². The van der Waals surface area contributed by atoms with Crippen molar-refractivity contribution in [2.75, 3.05) is 19.0 Å². The standard InChI is InChI=1S/C27H29N5O6/c1-37-19-10-5-9-18(16-19)29-27(36)31-20-12-13-32(26(35)22-11-6-14-38-22)23(20)25(34)30-21(24(28)33)15-17-7-3-2-4-8-17/h2-11,14,16,20-21,23H,12-13,15H2,1H3,(H2,28,33)(H,30,34)(H2,29,31,36). The van der Waals surface area contributed by atoms with Crippen molar-refractivity contribution in [1.29, 1.82) is 0 Å². The number of hydrogen-bond donors (Lipinski definition) is 4. The molecule has 5 N–H and O–H groups in total. The van der Waals surface area contributed by atoms with E-state index in [1.54, 1.807) is 30.3 Å². The van der Waals surface area contributed by atoms with Crippen LogP contribution in [0, 0.1) is 0 Å². The van der Waals surface area contributed by atoms with Crippen molar-refractivity contribution in [3.8, 4) is 5.75 Å². The topological polar surface area (TPSA) is 156 Å². The Morgan fingerprint density at radius 1 is 1.08 bits per heavy atom. The largest absolute Gasteiger partial charge is 0.497 e. The minimum absolute atomic E-state index is 0.0556. The van der Waals surface area contributed by atoms with Gasteiger partial charge in [0, 0.05) is 24.7 Å². The zero-order valence-corrected chi connectivity index (χ0v) is 20.8. The van der Waals surface area contributed by atoms with Gasteiger partial charge in [-0.05, 0) is 36.2 Å². The summed E-state index contributed by atoms with van der Waals surface area (Å²) in [5.74, 6) is -1.23. The minimum atomic E-state index is -1.11. The number of nitrogens with one attached hydrogen (secondary N) is 3. The highest BCUT2D eigenvalue weighted by Gasteiger charge is 2.44. The first-order chi connectivity index (χ1) is 18.4. The van der Waals surface area contributed by atoms with Crippen LogP contribution in [0.15, 0.2) is 77.4 Å². The van der Waals surface area contributed by atoms with E-state index < -0.39 is 41.9 Å². The summed E-state index contributed by atoms with van der Waals surface area (Å²) in [6, 6.07) is 15.5. The molecular weight excluding hydrogens is 490 g/mol. The second-order valence-electron chi connectivity index (χ2n) is 8.80. The minimum Gasteiger partial charge on any atom is -0.497 e. The molecule has 1 fully saturated rings. The van der Waals surface area contributed by atoms with Crippen LogP contribution in [0.2, 0.25) is 0 Å². The zero-order chi connectivity index (χ0) is 27.1. The van der Waals surface area contributed by atoms with Gasteiger partial charge in [0.1, 0.15) is 17.8 Å².